The Balaban J connectivity index is 1.87. The van der Waals surface area contributed by atoms with Crippen LogP contribution in [0.5, 0.6) is 0 Å². The van der Waals surface area contributed by atoms with Crippen molar-refractivity contribution >= 4 is 11.9 Å². The van der Waals surface area contributed by atoms with E-state index < -0.39 is 0 Å². The Labute approximate surface area is 107 Å². The molecule has 2 fully saturated rings. The summed E-state index contributed by atoms with van der Waals surface area (Å²) >= 11 is 0. The van der Waals surface area contributed by atoms with Crippen LogP contribution in [-0.4, -0.2) is 49.7 Å². The van der Waals surface area contributed by atoms with E-state index >= 15 is 0 Å². The van der Waals surface area contributed by atoms with Crippen molar-refractivity contribution in [2.24, 2.45) is 11.3 Å². The van der Waals surface area contributed by atoms with E-state index in [-0.39, 0.29) is 35.7 Å². The molecule has 2 aliphatic rings. The smallest absolute Gasteiger partial charge is 0.308 e. The molecule has 2 atom stereocenters. The van der Waals surface area contributed by atoms with Crippen LogP contribution < -0.4 is 0 Å². The number of rotatable bonds is 3. The SMILES string of the molecule is COC(=O)CC1CN(C(=O)C2CC2(C)C)CCO1. The van der Waals surface area contributed by atoms with Crippen molar-refractivity contribution in [1.82, 2.24) is 4.90 Å². The van der Waals surface area contributed by atoms with Gasteiger partial charge >= 0.3 is 5.97 Å². The minimum absolute atomic E-state index is 0.146. The van der Waals surface area contributed by atoms with Crippen molar-refractivity contribution in [2.45, 2.75) is 32.8 Å². The minimum atomic E-state index is -0.291. The van der Waals surface area contributed by atoms with Gasteiger partial charge in [0.05, 0.1) is 26.2 Å². The van der Waals surface area contributed by atoms with Crippen LogP contribution >= 0.6 is 0 Å². The highest BCUT2D eigenvalue weighted by atomic mass is 16.5. The summed E-state index contributed by atoms with van der Waals surface area (Å²) in [5.74, 6) is 0.0635. The normalized spacial score (nSPS) is 29.8. The second-order valence-corrected chi connectivity index (χ2v) is 5.80. The second-order valence-electron chi connectivity index (χ2n) is 5.80. The predicted octanol–water partition coefficient (Wildman–Crippen LogP) is 0.823. The van der Waals surface area contributed by atoms with Gasteiger partial charge in [0.15, 0.2) is 0 Å². The van der Waals surface area contributed by atoms with Gasteiger partial charge in [0.25, 0.3) is 0 Å². The zero-order chi connectivity index (χ0) is 13.3. The number of esters is 1. The van der Waals surface area contributed by atoms with Gasteiger partial charge < -0.3 is 14.4 Å². The molecule has 1 heterocycles. The van der Waals surface area contributed by atoms with Crippen LogP contribution in [0.4, 0.5) is 0 Å². The topological polar surface area (TPSA) is 55.8 Å². The van der Waals surface area contributed by atoms with Gasteiger partial charge in [-0.3, -0.25) is 9.59 Å². The fraction of sp³-hybridized carbons (Fsp3) is 0.846. The zero-order valence-electron chi connectivity index (χ0n) is 11.3. The van der Waals surface area contributed by atoms with E-state index in [0.717, 1.165) is 6.42 Å². The van der Waals surface area contributed by atoms with Crippen LogP contribution in [0, 0.1) is 11.3 Å². The Hall–Kier alpha value is -1.10. The molecular formula is C13H21NO4. The summed E-state index contributed by atoms with van der Waals surface area (Å²) in [6.45, 7) is 5.86. The van der Waals surface area contributed by atoms with Gasteiger partial charge in [-0.1, -0.05) is 13.8 Å². The number of nitrogens with zero attached hydrogens (tertiary/aromatic N) is 1. The van der Waals surface area contributed by atoms with Crippen LogP contribution in [0.15, 0.2) is 0 Å². The van der Waals surface area contributed by atoms with Gasteiger partial charge in [-0.15, -0.1) is 0 Å². The molecule has 0 aromatic carbocycles. The number of carbonyl (C=O) groups is 2. The highest BCUT2D eigenvalue weighted by Crippen LogP contribution is 2.52. The molecule has 1 saturated carbocycles. The van der Waals surface area contributed by atoms with E-state index in [9.17, 15) is 9.59 Å². The highest BCUT2D eigenvalue weighted by molar-refractivity contribution is 5.82. The van der Waals surface area contributed by atoms with E-state index in [4.69, 9.17) is 4.74 Å². The summed E-state index contributed by atoms with van der Waals surface area (Å²) in [4.78, 5) is 25.3. The first-order valence-corrected chi connectivity index (χ1v) is 6.41. The Morgan fingerprint density at radius 1 is 1.44 bits per heavy atom. The third kappa shape index (κ3) is 2.83. The molecule has 2 rings (SSSR count). The molecule has 0 spiro atoms. The van der Waals surface area contributed by atoms with Gasteiger partial charge in [0.1, 0.15) is 0 Å². The van der Waals surface area contributed by atoms with Gasteiger partial charge in [0, 0.05) is 19.0 Å². The quantitative estimate of drug-likeness (QED) is 0.701. The lowest BCUT2D eigenvalue weighted by molar-refractivity contribution is -0.150. The summed E-state index contributed by atoms with van der Waals surface area (Å²) in [6.07, 6.45) is 0.955. The monoisotopic (exact) mass is 255 g/mol. The lowest BCUT2D eigenvalue weighted by Gasteiger charge is -2.33. The van der Waals surface area contributed by atoms with Crippen molar-refractivity contribution in [2.75, 3.05) is 26.8 Å². The van der Waals surface area contributed by atoms with Crippen molar-refractivity contribution in [3.05, 3.63) is 0 Å². The molecule has 0 aromatic heterocycles. The van der Waals surface area contributed by atoms with E-state index in [0.29, 0.717) is 19.7 Å². The first kappa shape index (κ1) is 13.3. The second kappa shape index (κ2) is 4.88. The van der Waals surface area contributed by atoms with Gasteiger partial charge in [-0.25, -0.2) is 0 Å². The third-order valence-corrected chi connectivity index (χ3v) is 3.88. The molecule has 2 unspecified atom stereocenters. The summed E-state index contributed by atoms with van der Waals surface area (Å²) in [7, 11) is 1.36. The molecule has 1 aliphatic carbocycles. The molecule has 0 N–H and O–H groups in total. The standard InChI is InChI=1S/C13H21NO4/c1-13(2)7-10(13)12(16)14-4-5-18-9(8-14)6-11(15)17-3/h9-10H,4-8H2,1-3H3. The minimum Gasteiger partial charge on any atom is -0.469 e. The molecule has 102 valence electrons. The molecule has 1 amide bonds. The summed E-state index contributed by atoms with van der Waals surface area (Å²) in [5, 5.41) is 0. The molecule has 0 bridgehead atoms. The number of hydrogen-bond donors (Lipinski definition) is 0. The maximum Gasteiger partial charge on any atom is 0.308 e. The molecule has 5 heteroatoms. The first-order valence-electron chi connectivity index (χ1n) is 6.41. The Kier molecular flexibility index (Phi) is 3.61. The average molecular weight is 255 g/mol. The molecule has 18 heavy (non-hydrogen) atoms. The summed E-state index contributed by atoms with van der Waals surface area (Å²) in [5.41, 5.74) is 0.146. The fourth-order valence-electron chi connectivity index (χ4n) is 2.42. The Morgan fingerprint density at radius 3 is 2.67 bits per heavy atom. The molecule has 0 aromatic rings. The third-order valence-electron chi connectivity index (χ3n) is 3.88. The van der Waals surface area contributed by atoms with Crippen molar-refractivity contribution in [3.63, 3.8) is 0 Å². The molecule has 1 aliphatic heterocycles. The van der Waals surface area contributed by atoms with E-state index in [1.165, 1.54) is 7.11 Å². The molecule has 1 saturated heterocycles. The van der Waals surface area contributed by atoms with Crippen LogP contribution in [-0.2, 0) is 19.1 Å². The summed E-state index contributed by atoms with van der Waals surface area (Å²) < 4.78 is 10.1. The highest BCUT2D eigenvalue weighted by Gasteiger charge is 2.52. The lowest BCUT2D eigenvalue weighted by atomic mass is 10.1. The van der Waals surface area contributed by atoms with E-state index in [1.807, 2.05) is 4.90 Å². The van der Waals surface area contributed by atoms with Crippen molar-refractivity contribution in [1.29, 1.82) is 0 Å². The number of hydrogen-bond acceptors (Lipinski definition) is 4. The first-order chi connectivity index (χ1) is 8.44. The van der Waals surface area contributed by atoms with Crippen LogP contribution in [0.1, 0.15) is 26.7 Å². The largest absolute Gasteiger partial charge is 0.469 e. The molecule has 0 radical (unpaired) electrons. The summed E-state index contributed by atoms with van der Waals surface area (Å²) in [6, 6.07) is 0. The number of carbonyl (C=O) groups excluding carboxylic acids is 2. The maximum atomic E-state index is 12.2. The average Bonchev–Trinajstić information content (AvgIpc) is 2.97. The number of amides is 1. The van der Waals surface area contributed by atoms with Crippen molar-refractivity contribution in [3.8, 4) is 0 Å². The van der Waals surface area contributed by atoms with Crippen LogP contribution in [0.3, 0.4) is 0 Å². The Morgan fingerprint density at radius 2 is 2.11 bits per heavy atom. The van der Waals surface area contributed by atoms with Crippen LogP contribution in [0.2, 0.25) is 0 Å². The number of ether oxygens (including phenoxy) is 2. The lowest BCUT2D eigenvalue weighted by Crippen LogP contribution is -2.47. The molecular weight excluding hydrogens is 234 g/mol. The van der Waals surface area contributed by atoms with Gasteiger partial charge in [0.2, 0.25) is 5.91 Å². The number of morpholine rings is 1. The van der Waals surface area contributed by atoms with E-state index in [1.54, 1.807) is 0 Å². The predicted molar refractivity (Wildman–Crippen MR) is 64.8 cm³/mol. The van der Waals surface area contributed by atoms with Gasteiger partial charge in [-0.2, -0.15) is 0 Å². The fourth-order valence-corrected chi connectivity index (χ4v) is 2.42. The van der Waals surface area contributed by atoms with E-state index in [2.05, 4.69) is 18.6 Å². The maximum absolute atomic E-state index is 12.2. The molecule has 5 nitrogen and oxygen atoms in total. The van der Waals surface area contributed by atoms with Crippen molar-refractivity contribution < 1.29 is 19.1 Å². The van der Waals surface area contributed by atoms with Gasteiger partial charge in [-0.05, 0) is 11.8 Å². The zero-order valence-corrected chi connectivity index (χ0v) is 11.3. The Bertz CT molecular complexity index is 353. The van der Waals surface area contributed by atoms with Crippen LogP contribution in [0.25, 0.3) is 0 Å². The number of methoxy groups -OCH3 is 1.